The predicted molar refractivity (Wildman–Crippen MR) is 78.4 cm³/mol. The molecule has 4 heteroatoms. The molecule has 0 spiro atoms. The van der Waals surface area contributed by atoms with Crippen LogP contribution in [-0.2, 0) is 6.42 Å². The van der Waals surface area contributed by atoms with Crippen LogP contribution in [0.5, 0.6) is 0 Å². The minimum atomic E-state index is 0.279. The summed E-state index contributed by atoms with van der Waals surface area (Å²) >= 11 is 7.60. The van der Waals surface area contributed by atoms with Crippen LogP contribution < -0.4 is 5.32 Å². The number of aromatic nitrogens is 1. The summed E-state index contributed by atoms with van der Waals surface area (Å²) in [6.45, 7) is 5.10. The number of likely N-dealkylation sites (N-methyl/N-ethyl adjacent to an activating group) is 1. The first-order valence-electron chi connectivity index (χ1n) is 6.09. The molecule has 1 aromatic heterocycles. The maximum Gasteiger partial charge on any atom is 0.0898 e. The van der Waals surface area contributed by atoms with Crippen molar-refractivity contribution in [2.24, 2.45) is 0 Å². The summed E-state index contributed by atoms with van der Waals surface area (Å²) in [5.74, 6) is 0. The Morgan fingerprint density at radius 1 is 1.33 bits per heavy atom. The first kappa shape index (κ1) is 13.5. The molecule has 96 valence electrons. The fourth-order valence-electron chi connectivity index (χ4n) is 1.92. The molecule has 1 N–H and O–H groups in total. The highest BCUT2D eigenvalue weighted by molar-refractivity contribution is 7.09. The topological polar surface area (TPSA) is 24.9 Å². The Labute approximate surface area is 117 Å². The third-order valence-corrected chi connectivity index (χ3v) is 3.84. The summed E-state index contributed by atoms with van der Waals surface area (Å²) in [4.78, 5) is 4.57. The Kier molecular flexibility index (Phi) is 4.75. The Morgan fingerprint density at radius 3 is 2.61 bits per heavy atom. The van der Waals surface area contributed by atoms with E-state index in [1.165, 1.54) is 5.56 Å². The van der Waals surface area contributed by atoms with Gasteiger partial charge in [-0.2, -0.15) is 0 Å². The van der Waals surface area contributed by atoms with Crippen molar-refractivity contribution in [1.29, 1.82) is 0 Å². The number of rotatable bonds is 5. The van der Waals surface area contributed by atoms with Gasteiger partial charge >= 0.3 is 0 Å². The Bertz CT molecular complexity index is 493. The lowest BCUT2D eigenvalue weighted by atomic mass is 10.0. The van der Waals surface area contributed by atoms with Gasteiger partial charge < -0.3 is 5.32 Å². The number of thiazole rings is 1. The summed E-state index contributed by atoms with van der Waals surface area (Å²) in [5.41, 5.74) is 2.41. The summed E-state index contributed by atoms with van der Waals surface area (Å²) < 4.78 is 0. The van der Waals surface area contributed by atoms with E-state index < -0.39 is 0 Å². The summed E-state index contributed by atoms with van der Waals surface area (Å²) in [6, 6.07) is 8.30. The van der Waals surface area contributed by atoms with E-state index in [1.807, 2.05) is 19.1 Å². The van der Waals surface area contributed by atoms with Gasteiger partial charge in [-0.05, 0) is 37.6 Å². The number of nitrogens with zero attached hydrogens (tertiary/aromatic N) is 1. The van der Waals surface area contributed by atoms with Gasteiger partial charge in [-0.3, -0.25) is 0 Å². The summed E-state index contributed by atoms with van der Waals surface area (Å²) in [5, 5.41) is 7.52. The van der Waals surface area contributed by atoms with Gasteiger partial charge in [-0.25, -0.2) is 4.98 Å². The van der Waals surface area contributed by atoms with Crippen LogP contribution in [-0.4, -0.2) is 11.5 Å². The molecule has 0 aliphatic carbocycles. The molecule has 0 aliphatic rings. The number of halogens is 1. The fraction of sp³-hybridized carbons (Fsp3) is 0.357. The van der Waals surface area contributed by atoms with Crippen LogP contribution in [0.4, 0.5) is 0 Å². The molecule has 0 aliphatic heterocycles. The molecule has 0 fully saturated rings. The number of nitrogens with one attached hydrogen (secondary N) is 1. The molecule has 2 aromatic rings. The second-order valence-electron chi connectivity index (χ2n) is 4.23. The molecule has 0 saturated heterocycles. The molecule has 1 aromatic carbocycles. The van der Waals surface area contributed by atoms with Gasteiger partial charge in [0.15, 0.2) is 0 Å². The minimum absolute atomic E-state index is 0.279. The average molecular weight is 281 g/mol. The predicted octanol–water partition coefficient (Wildman–Crippen LogP) is 4.00. The molecule has 0 amide bonds. The summed E-state index contributed by atoms with van der Waals surface area (Å²) in [7, 11) is 0. The van der Waals surface area contributed by atoms with Gasteiger partial charge in [0.05, 0.1) is 16.7 Å². The van der Waals surface area contributed by atoms with Crippen molar-refractivity contribution in [3.63, 3.8) is 0 Å². The zero-order valence-electron chi connectivity index (χ0n) is 10.6. The van der Waals surface area contributed by atoms with E-state index in [9.17, 15) is 0 Å². The third kappa shape index (κ3) is 3.55. The number of aryl methyl sites for hydroxylation is 1. The first-order chi connectivity index (χ1) is 8.69. The van der Waals surface area contributed by atoms with Crippen molar-refractivity contribution < 1.29 is 0 Å². The van der Waals surface area contributed by atoms with Crippen molar-refractivity contribution in [3.8, 4) is 0 Å². The maximum absolute atomic E-state index is 5.90. The van der Waals surface area contributed by atoms with Crippen LogP contribution in [0.3, 0.4) is 0 Å². The number of benzene rings is 1. The van der Waals surface area contributed by atoms with Gasteiger partial charge in [0, 0.05) is 10.4 Å². The first-order valence-corrected chi connectivity index (χ1v) is 7.34. The van der Waals surface area contributed by atoms with Crippen molar-refractivity contribution in [1.82, 2.24) is 10.3 Å². The molecular formula is C14H17ClN2S. The number of hydrogen-bond acceptors (Lipinski definition) is 3. The van der Waals surface area contributed by atoms with E-state index in [0.717, 1.165) is 28.7 Å². The Balaban J connectivity index is 2.13. The second kappa shape index (κ2) is 6.32. The summed E-state index contributed by atoms with van der Waals surface area (Å²) in [6.07, 6.45) is 0.939. The van der Waals surface area contributed by atoms with Crippen LogP contribution in [0.25, 0.3) is 0 Å². The number of hydrogen-bond donors (Lipinski definition) is 1. The van der Waals surface area contributed by atoms with Crippen molar-refractivity contribution >= 4 is 22.9 Å². The molecule has 1 unspecified atom stereocenters. The normalized spacial score (nSPS) is 12.6. The van der Waals surface area contributed by atoms with Gasteiger partial charge in [0.1, 0.15) is 0 Å². The average Bonchev–Trinajstić information content (AvgIpc) is 2.78. The standard InChI is InChI=1S/C14H17ClN2S/c1-3-16-13(14-9-18-10(2)17-14)8-11-4-6-12(15)7-5-11/h4-7,9,13,16H,3,8H2,1-2H3. The zero-order chi connectivity index (χ0) is 13.0. The molecule has 18 heavy (non-hydrogen) atoms. The van der Waals surface area contributed by atoms with E-state index in [0.29, 0.717) is 0 Å². The SMILES string of the molecule is CCNC(Cc1ccc(Cl)cc1)c1csc(C)n1. The van der Waals surface area contributed by atoms with Crippen LogP contribution >= 0.6 is 22.9 Å². The third-order valence-electron chi connectivity index (χ3n) is 2.80. The fourth-order valence-corrected chi connectivity index (χ4v) is 2.72. The monoisotopic (exact) mass is 280 g/mol. The van der Waals surface area contributed by atoms with Crippen LogP contribution in [0.15, 0.2) is 29.6 Å². The lowest BCUT2D eigenvalue weighted by molar-refractivity contribution is 0.538. The largest absolute Gasteiger partial charge is 0.309 e. The minimum Gasteiger partial charge on any atom is -0.309 e. The van der Waals surface area contributed by atoms with E-state index in [-0.39, 0.29) is 6.04 Å². The van der Waals surface area contributed by atoms with Gasteiger partial charge in [0.25, 0.3) is 0 Å². The van der Waals surface area contributed by atoms with Crippen LogP contribution in [0.1, 0.15) is 29.2 Å². The van der Waals surface area contributed by atoms with E-state index in [2.05, 4.69) is 34.7 Å². The van der Waals surface area contributed by atoms with Crippen LogP contribution in [0, 0.1) is 6.92 Å². The van der Waals surface area contributed by atoms with Crippen molar-refractivity contribution in [3.05, 3.63) is 50.9 Å². The van der Waals surface area contributed by atoms with E-state index >= 15 is 0 Å². The smallest absolute Gasteiger partial charge is 0.0898 e. The second-order valence-corrected chi connectivity index (χ2v) is 5.73. The van der Waals surface area contributed by atoms with Gasteiger partial charge in [-0.15, -0.1) is 11.3 Å². The van der Waals surface area contributed by atoms with Crippen molar-refractivity contribution in [2.45, 2.75) is 26.3 Å². The van der Waals surface area contributed by atoms with E-state index in [1.54, 1.807) is 11.3 Å². The van der Waals surface area contributed by atoms with Crippen molar-refractivity contribution in [2.75, 3.05) is 6.54 Å². The molecule has 0 bridgehead atoms. The van der Waals surface area contributed by atoms with Crippen LogP contribution in [0.2, 0.25) is 5.02 Å². The highest BCUT2D eigenvalue weighted by Crippen LogP contribution is 2.21. The maximum atomic E-state index is 5.90. The molecule has 2 rings (SSSR count). The molecule has 1 atom stereocenters. The quantitative estimate of drug-likeness (QED) is 0.895. The Hall–Kier alpha value is -0.900. The lowest BCUT2D eigenvalue weighted by Crippen LogP contribution is -2.23. The molecule has 0 radical (unpaired) electrons. The highest BCUT2D eigenvalue weighted by Gasteiger charge is 2.13. The Morgan fingerprint density at radius 2 is 2.06 bits per heavy atom. The van der Waals surface area contributed by atoms with E-state index in [4.69, 9.17) is 11.6 Å². The zero-order valence-corrected chi connectivity index (χ0v) is 12.2. The molecular weight excluding hydrogens is 264 g/mol. The lowest BCUT2D eigenvalue weighted by Gasteiger charge is -2.15. The molecule has 1 heterocycles. The highest BCUT2D eigenvalue weighted by atomic mass is 35.5. The van der Waals surface area contributed by atoms with Gasteiger partial charge in [-0.1, -0.05) is 30.7 Å². The molecule has 2 nitrogen and oxygen atoms in total. The van der Waals surface area contributed by atoms with Gasteiger partial charge in [0.2, 0.25) is 0 Å². The molecule has 0 saturated carbocycles.